The number of aromatic nitrogens is 2. The molecule has 1 aromatic carbocycles. The van der Waals surface area contributed by atoms with Crippen molar-refractivity contribution in [1.82, 2.24) is 9.78 Å². The molecule has 96 valence electrons. The molecule has 0 bridgehead atoms. The number of nitrogens with two attached hydrogens (primary N) is 1. The first kappa shape index (κ1) is 13.3. The van der Waals surface area contributed by atoms with Crippen molar-refractivity contribution in [2.24, 2.45) is 12.8 Å². The monoisotopic (exact) mass is 291 g/mol. The normalized spacial score (nSPS) is 12.8. The quantitative estimate of drug-likeness (QED) is 0.865. The minimum absolute atomic E-state index is 0.0256. The fourth-order valence-corrected chi connectivity index (χ4v) is 2.13. The molecule has 0 radical (unpaired) electrons. The lowest BCUT2D eigenvalue weighted by Crippen LogP contribution is -2.18. The zero-order chi connectivity index (χ0) is 13.4. The Morgan fingerprint density at radius 3 is 2.44 bits per heavy atom. The van der Waals surface area contributed by atoms with Gasteiger partial charge >= 0.3 is 0 Å². The van der Waals surface area contributed by atoms with Gasteiger partial charge in [0.1, 0.15) is 11.6 Å². The molecular formula is C11H9Cl2F2N3. The molecule has 0 aliphatic carbocycles. The molecular weight excluding hydrogens is 283 g/mol. The Kier molecular flexibility index (Phi) is 3.56. The van der Waals surface area contributed by atoms with Crippen molar-refractivity contribution < 1.29 is 8.78 Å². The van der Waals surface area contributed by atoms with Crippen molar-refractivity contribution in [2.75, 3.05) is 0 Å². The molecule has 0 saturated carbocycles. The second kappa shape index (κ2) is 4.84. The largest absolute Gasteiger partial charge is 0.319 e. The number of halogens is 4. The zero-order valence-electron chi connectivity index (χ0n) is 9.29. The SMILES string of the molecule is Cn1ncc(Cl)c1C(N)c1cc(F)c(Cl)cc1F. The summed E-state index contributed by atoms with van der Waals surface area (Å²) in [5, 5.41) is 3.89. The Hall–Kier alpha value is -1.17. The number of hydrogen-bond donors (Lipinski definition) is 1. The van der Waals surface area contributed by atoms with Gasteiger partial charge in [-0.2, -0.15) is 5.10 Å². The van der Waals surface area contributed by atoms with Crippen molar-refractivity contribution in [3.8, 4) is 0 Å². The maximum Gasteiger partial charge on any atom is 0.142 e. The van der Waals surface area contributed by atoms with Gasteiger partial charge in [-0.1, -0.05) is 23.2 Å². The smallest absolute Gasteiger partial charge is 0.142 e. The molecule has 2 N–H and O–H groups in total. The van der Waals surface area contributed by atoms with E-state index in [4.69, 9.17) is 28.9 Å². The summed E-state index contributed by atoms with van der Waals surface area (Å²) >= 11 is 11.4. The average Bonchev–Trinajstić information content (AvgIpc) is 2.63. The highest BCUT2D eigenvalue weighted by atomic mass is 35.5. The highest BCUT2D eigenvalue weighted by Crippen LogP contribution is 2.29. The first-order valence-electron chi connectivity index (χ1n) is 4.99. The standard InChI is InChI=1S/C11H9Cl2F2N3/c1-18-11(7(13)4-17-18)10(16)5-2-9(15)6(12)3-8(5)14/h2-4,10H,16H2,1H3. The van der Waals surface area contributed by atoms with Crippen LogP contribution in [0.2, 0.25) is 10.0 Å². The van der Waals surface area contributed by atoms with E-state index in [1.165, 1.54) is 10.9 Å². The number of benzene rings is 1. The number of aryl methyl sites for hydroxylation is 1. The van der Waals surface area contributed by atoms with Crippen molar-refractivity contribution in [3.63, 3.8) is 0 Å². The van der Waals surface area contributed by atoms with Gasteiger partial charge in [-0.3, -0.25) is 4.68 Å². The summed E-state index contributed by atoms with van der Waals surface area (Å²) in [5.41, 5.74) is 6.26. The number of hydrogen-bond acceptors (Lipinski definition) is 2. The molecule has 2 aromatic rings. The Morgan fingerprint density at radius 1 is 1.22 bits per heavy atom. The highest BCUT2D eigenvalue weighted by molar-refractivity contribution is 6.31. The minimum atomic E-state index is -0.920. The van der Waals surface area contributed by atoms with E-state index in [-0.39, 0.29) is 10.6 Å². The van der Waals surface area contributed by atoms with E-state index in [0.29, 0.717) is 10.7 Å². The fourth-order valence-electron chi connectivity index (χ4n) is 1.69. The molecule has 0 aliphatic heterocycles. The summed E-state index contributed by atoms with van der Waals surface area (Å²) in [5.74, 6) is -1.42. The van der Waals surface area contributed by atoms with E-state index in [9.17, 15) is 8.78 Å². The van der Waals surface area contributed by atoms with Crippen LogP contribution in [0.1, 0.15) is 17.3 Å². The molecule has 7 heteroatoms. The summed E-state index contributed by atoms with van der Waals surface area (Å²) in [4.78, 5) is 0. The molecule has 18 heavy (non-hydrogen) atoms. The van der Waals surface area contributed by atoms with Crippen LogP contribution in [0.4, 0.5) is 8.78 Å². The Morgan fingerprint density at radius 2 is 1.89 bits per heavy atom. The molecule has 1 atom stereocenters. The van der Waals surface area contributed by atoms with E-state index in [1.807, 2.05) is 0 Å². The maximum atomic E-state index is 13.7. The van der Waals surface area contributed by atoms with Crippen LogP contribution in [0, 0.1) is 11.6 Å². The molecule has 1 aromatic heterocycles. The van der Waals surface area contributed by atoms with Crippen LogP contribution >= 0.6 is 23.2 Å². The molecule has 3 nitrogen and oxygen atoms in total. The molecule has 0 saturated heterocycles. The molecule has 2 rings (SSSR count). The Balaban J connectivity index is 2.53. The van der Waals surface area contributed by atoms with E-state index >= 15 is 0 Å². The van der Waals surface area contributed by atoms with Crippen LogP contribution in [0.15, 0.2) is 18.3 Å². The molecule has 0 spiro atoms. The van der Waals surface area contributed by atoms with Gasteiger partial charge in [0, 0.05) is 12.6 Å². The summed E-state index contributed by atoms with van der Waals surface area (Å²) < 4.78 is 28.5. The lowest BCUT2D eigenvalue weighted by atomic mass is 10.0. The molecule has 1 heterocycles. The predicted molar refractivity (Wildman–Crippen MR) is 65.6 cm³/mol. The molecule has 0 aliphatic rings. The molecule has 0 fully saturated rings. The maximum absolute atomic E-state index is 13.7. The van der Waals surface area contributed by atoms with Gasteiger partial charge in [0.25, 0.3) is 0 Å². The van der Waals surface area contributed by atoms with Crippen molar-refractivity contribution in [3.05, 3.63) is 51.3 Å². The third-order valence-corrected chi connectivity index (χ3v) is 3.19. The Bertz CT molecular complexity index is 579. The van der Waals surface area contributed by atoms with Crippen LogP contribution in [0.5, 0.6) is 0 Å². The summed E-state index contributed by atoms with van der Waals surface area (Å²) in [6.45, 7) is 0. The van der Waals surface area contributed by atoms with Crippen LogP contribution in [-0.2, 0) is 7.05 Å². The van der Waals surface area contributed by atoms with Crippen molar-refractivity contribution >= 4 is 23.2 Å². The lowest BCUT2D eigenvalue weighted by Gasteiger charge is -2.14. The van der Waals surface area contributed by atoms with Gasteiger partial charge in [-0.05, 0) is 12.1 Å². The van der Waals surface area contributed by atoms with Gasteiger partial charge in [0.15, 0.2) is 0 Å². The highest BCUT2D eigenvalue weighted by Gasteiger charge is 2.21. The van der Waals surface area contributed by atoms with Gasteiger partial charge in [0.2, 0.25) is 0 Å². The molecule has 1 unspecified atom stereocenters. The number of rotatable bonds is 2. The van der Waals surface area contributed by atoms with E-state index in [1.54, 1.807) is 7.05 Å². The topological polar surface area (TPSA) is 43.8 Å². The first-order valence-corrected chi connectivity index (χ1v) is 5.74. The predicted octanol–water partition coefficient (Wildman–Crippen LogP) is 3.05. The van der Waals surface area contributed by atoms with E-state index in [0.717, 1.165) is 12.1 Å². The lowest BCUT2D eigenvalue weighted by molar-refractivity contribution is 0.567. The third-order valence-electron chi connectivity index (χ3n) is 2.61. The van der Waals surface area contributed by atoms with Crippen LogP contribution in [0.25, 0.3) is 0 Å². The summed E-state index contributed by atoms with van der Waals surface area (Å²) in [6.07, 6.45) is 1.39. The third kappa shape index (κ3) is 2.21. The zero-order valence-corrected chi connectivity index (χ0v) is 10.8. The van der Waals surface area contributed by atoms with Gasteiger partial charge in [0.05, 0.1) is 28.0 Å². The van der Waals surface area contributed by atoms with E-state index in [2.05, 4.69) is 5.10 Å². The van der Waals surface area contributed by atoms with Crippen LogP contribution in [-0.4, -0.2) is 9.78 Å². The van der Waals surface area contributed by atoms with Crippen molar-refractivity contribution in [1.29, 1.82) is 0 Å². The van der Waals surface area contributed by atoms with Crippen molar-refractivity contribution in [2.45, 2.75) is 6.04 Å². The second-order valence-corrected chi connectivity index (χ2v) is 4.58. The Labute approximate surface area is 112 Å². The summed E-state index contributed by atoms with van der Waals surface area (Å²) in [7, 11) is 1.62. The second-order valence-electron chi connectivity index (χ2n) is 3.77. The molecule has 0 amide bonds. The summed E-state index contributed by atoms with van der Waals surface area (Å²) in [6, 6.07) is 0.930. The number of nitrogens with zero attached hydrogens (tertiary/aromatic N) is 2. The van der Waals surface area contributed by atoms with Gasteiger partial charge < -0.3 is 5.73 Å². The van der Waals surface area contributed by atoms with Gasteiger partial charge in [-0.25, -0.2) is 8.78 Å². The van der Waals surface area contributed by atoms with Crippen LogP contribution in [0.3, 0.4) is 0 Å². The minimum Gasteiger partial charge on any atom is -0.319 e. The first-order chi connectivity index (χ1) is 8.41. The average molecular weight is 292 g/mol. The van der Waals surface area contributed by atoms with Crippen LogP contribution < -0.4 is 5.73 Å². The fraction of sp³-hybridized carbons (Fsp3) is 0.182. The van der Waals surface area contributed by atoms with E-state index < -0.39 is 17.7 Å². The van der Waals surface area contributed by atoms with Gasteiger partial charge in [-0.15, -0.1) is 0 Å².